The Morgan fingerprint density at radius 1 is 0.935 bits per heavy atom. The Morgan fingerprint density at radius 3 is 2.32 bits per heavy atom. The molecular weight excluding hydrogens is 412 g/mol. The number of halogens is 2. The van der Waals surface area contributed by atoms with Crippen molar-refractivity contribution in [1.82, 2.24) is 10.6 Å². The molecule has 0 fully saturated rings. The van der Waals surface area contributed by atoms with Crippen LogP contribution in [0.5, 0.6) is 17.2 Å². The summed E-state index contributed by atoms with van der Waals surface area (Å²) in [6, 6.07) is 11.0. The van der Waals surface area contributed by atoms with Gasteiger partial charge in [0.2, 0.25) is 5.91 Å². The Kier molecular flexibility index (Phi) is 9.34. The first kappa shape index (κ1) is 23.7. The Balaban J connectivity index is 1.67. The van der Waals surface area contributed by atoms with E-state index in [2.05, 4.69) is 20.7 Å². The van der Waals surface area contributed by atoms with Crippen molar-refractivity contribution in [2.75, 3.05) is 32.6 Å². The zero-order chi connectivity index (χ0) is 22.6. The number of amides is 3. The van der Waals surface area contributed by atoms with E-state index < -0.39 is 12.6 Å². The molecule has 0 atom stereocenters. The van der Waals surface area contributed by atoms with Crippen LogP contribution in [0.25, 0.3) is 0 Å². The topological polar surface area (TPSA) is 97.9 Å². The molecule has 2 aromatic rings. The van der Waals surface area contributed by atoms with Crippen LogP contribution in [0.4, 0.5) is 19.3 Å². The number of benzene rings is 2. The molecule has 8 nitrogen and oxygen atoms in total. The van der Waals surface area contributed by atoms with Gasteiger partial charge in [-0.25, -0.2) is 4.79 Å². The number of hydrogen-bond acceptors (Lipinski definition) is 5. The molecule has 0 radical (unpaired) electrons. The second-order valence-electron chi connectivity index (χ2n) is 6.32. The number of nitrogens with one attached hydrogen (secondary N) is 3. The summed E-state index contributed by atoms with van der Waals surface area (Å²) in [6.07, 6.45) is 0.586. The molecule has 10 heteroatoms. The van der Waals surface area contributed by atoms with Gasteiger partial charge in [0.15, 0.2) is 11.5 Å². The van der Waals surface area contributed by atoms with Crippen molar-refractivity contribution >= 4 is 17.6 Å². The fourth-order valence-electron chi connectivity index (χ4n) is 2.63. The number of ether oxygens (including phenoxy) is 3. The van der Waals surface area contributed by atoms with Crippen LogP contribution in [0.1, 0.15) is 12.0 Å². The molecule has 0 saturated carbocycles. The summed E-state index contributed by atoms with van der Waals surface area (Å²) >= 11 is 0. The van der Waals surface area contributed by atoms with Gasteiger partial charge in [-0.15, -0.1) is 0 Å². The molecule has 0 heterocycles. The fraction of sp³-hybridized carbons (Fsp3) is 0.333. The van der Waals surface area contributed by atoms with Crippen molar-refractivity contribution in [1.29, 1.82) is 0 Å². The van der Waals surface area contributed by atoms with E-state index >= 15 is 0 Å². The van der Waals surface area contributed by atoms with Gasteiger partial charge in [0.05, 0.1) is 14.2 Å². The van der Waals surface area contributed by atoms with Crippen molar-refractivity contribution in [2.24, 2.45) is 0 Å². The molecule has 2 rings (SSSR count). The molecule has 168 valence electrons. The summed E-state index contributed by atoms with van der Waals surface area (Å²) in [5, 5.41) is 7.99. The third kappa shape index (κ3) is 8.37. The third-order valence-corrected chi connectivity index (χ3v) is 4.17. The van der Waals surface area contributed by atoms with Gasteiger partial charge in [0, 0.05) is 25.2 Å². The van der Waals surface area contributed by atoms with Gasteiger partial charge in [-0.1, -0.05) is 6.07 Å². The maximum Gasteiger partial charge on any atom is 0.387 e. The van der Waals surface area contributed by atoms with Gasteiger partial charge in [-0.3, -0.25) is 4.79 Å². The lowest BCUT2D eigenvalue weighted by Gasteiger charge is -2.12. The molecule has 31 heavy (non-hydrogen) atoms. The summed E-state index contributed by atoms with van der Waals surface area (Å²) in [4.78, 5) is 23.8. The number of hydrogen-bond donors (Lipinski definition) is 3. The highest BCUT2D eigenvalue weighted by molar-refractivity contribution is 5.89. The van der Waals surface area contributed by atoms with Crippen LogP contribution in [0.2, 0.25) is 0 Å². The Bertz CT molecular complexity index is 863. The molecule has 3 N–H and O–H groups in total. The van der Waals surface area contributed by atoms with Crippen molar-refractivity contribution in [3.8, 4) is 17.2 Å². The minimum atomic E-state index is -2.94. The molecule has 0 aromatic heterocycles. The SMILES string of the molecule is COc1ccc(NC(=O)NCCC(=O)NCCc2ccc(OC(F)F)c(OC)c2)cc1. The van der Waals surface area contributed by atoms with Gasteiger partial charge in [-0.05, 0) is 48.4 Å². The predicted octanol–water partition coefficient (Wildman–Crippen LogP) is 3.18. The minimum absolute atomic E-state index is 0.0516. The van der Waals surface area contributed by atoms with Crippen LogP contribution >= 0.6 is 0 Å². The highest BCUT2D eigenvalue weighted by atomic mass is 19.3. The number of carbonyl (C=O) groups is 2. The molecule has 3 amide bonds. The maximum absolute atomic E-state index is 12.4. The quantitative estimate of drug-likeness (QED) is 0.502. The first-order valence-corrected chi connectivity index (χ1v) is 9.48. The molecule has 0 aliphatic heterocycles. The van der Waals surface area contributed by atoms with E-state index in [1.54, 1.807) is 43.5 Å². The van der Waals surface area contributed by atoms with Gasteiger partial charge in [0.25, 0.3) is 0 Å². The van der Waals surface area contributed by atoms with Crippen molar-refractivity contribution in [2.45, 2.75) is 19.5 Å². The van der Waals surface area contributed by atoms with Crippen LogP contribution < -0.4 is 30.2 Å². The Hall–Kier alpha value is -3.56. The van der Waals surface area contributed by atoms with Crippen LogP contribution in [0, 0.1) is 0 Å². The molecule has 0 aliphatic rings. The standard InChI is InChI=1S/C21H25F2N3O5/c1-29-16-6-4-15(5-7-16)26-21(28)25-12-10-19(27)24-11-9-14-3-8-17(31-20(22)23)18(13-14)30-2/h3-8,13,20H,9-12H2,1-2H3,(H,24,27)(H2,25,26,28). The Morgan fingerprint density at radius 2 is 1.68 bits per heavy atom. The number of anilines is 1. The summed E-state index contributed by atoms with van der Waals surface area (Å²) in [5.41, 5.74) is 1.39. The summed E-state index contributed by atoms with van der Waals surface area (Å²) in [5.74, 6) is 0.591. The van der Waals surface area contributed by atoms with Crippen LogP contribution in [0.3, 0.4) is 0 Å². The maximum atomic E-state index is 12.4. The van der Waals surface area contributed by atoms with E-state index in [1.807, 2.05) is 0 Å². The third-order valence-electron chi connectivity index (χ3n) is 4.17. The second-order valence-corrected chi connectivity index (χ2v) is 6.32. The number of carbonyl (C=O) groups excluding carboxylic acids is 2. The highest BCUT2D eigenvalue weighted by Crippen LogP contribution is 2.29. The number of rotatable bonds is 11. The molecular formula is C21H25F2N3O5. The highest BCUT2D eigenvalue weighted by Gasteiger charge is 2.11. The predicted molar refractivity (Wildman–Crippen MR) is 111 cm³/mol. The minimum Gasteiger partial charge on any atom is -0.497 e. The molecule has 0 saturated heterocycles. The van der Waals surface area contributed by atoms with Crippen molar-refractivity contribution < 1.29 is 32.6 Å². The molecule has 0 spiro atoms. The molecule has 0 aliphatic carbocycles. The van der Waals surface area contributed by atoms with E-state index in [0.717, 1.165) is 5.56 Å². The largest absolute Gasteiger partial charge is 0.497 e. The van der Waals surface area contributed by atoms with Crippen LogP contribution in [-0.2, 0) is 11.2 Å². The summed E-state index contributed by atoms with van der Waals surface area (Å²) < 4.78 is 39.2. The molecule has 0 bridgehead atoms. The lowest BCUT2D eigenvalue weighted by atomic mass is 10.1. The van der Waals surface area contributed by atoms with Crippen molar-refractivity contribution in [3.63, 3.8) is 0 Å². The molecule has 2 aromatic carbocycles. The number of alkyl halides is 2. The summed E-state index contributed by atoms with van der Waals surface area (Å²) in [6.45, 7) is -2.43. The zero-order valence-corrected chi connectivity index (χ0v) is 17.2. The van der Waals surface area contributed by atoms with Gasteiger partial charge < -0.3 is 30.2 Å². The van der Waals surface area contributed by atoms with Crippen molar-refractivity contribution in [3.05, 3.63) is 48.0 Å². The van der Waals surface area contributed by atoms with E-state index in [-0.39, 0.29) is 30.4 Å². The molecule has 0 unspecified atom stereocenters. The van der Waals surface area contributed by atoms with Gasteiger partial charge >= 0.3 is 12.6 Å². The second kappa shape index (κ2) is 12.2. The number of methoxy groups -OCH3 is 2. The average Bonchev–Trinajstić information content (AvgIpc) is 2.75. The lowest BCUT2D eigenvalue weighted by Crippen LogP contribution is -2.33. The van der Waals surface area contributed by atoms with Gasteiger partial charge in [0.1, 0.15) is 5.75 Å². The smallest absolute Gasteiger partial charge is 0.387 e. The van der Waals surface area contributed by atoms with Gasteiger partial charge in [-0.2, -0.15) is 8.78 Å². The van der Waals surface area contributed by atoms with E-state index in [9.17, 15) is 18.4 Å². The first-order chi connectivity index (χ1) is 14.9. The van der Waals surface area contributed by atoms with E-state index in [0.29, 0.717) is 24.4 Å². The lowest BCUT2D eigenvalue weighted by molar-refractivity contribution is -0.120. The Labute approximate surface area is 178 Å². The first-order valence-electron chi connectivity index (χ1n) is 9.48. The van der Waals surface area contributed by atoms with Crippen LogP contribution in [-0.4, -0.2) is 45.9 Å². The normalized spacial score (nSPS) is 10.4. The van der Waals surface area contributed by atoms with E-state index in [1.165, 1.54) is 13.2 Å². The zero-order valence-electron chi connectivity index (χ0n) is 17.2. The number of urea groups is 1. The van der Waals surface area contributed by atoms with Crippen LogP contribution in [0.15, 0.2) is 42.5 Å². The fourth-order valence-corrected chi connectivity index (χ4v) is 2.63. The average molecular weight is 437 g/mol. The summed E-state index contributed by atoms with van der Waals surface area (Å²) in [7, 11) is 2.91. The van der Waals surface area contributed by atoms with E-state index in [4.69, 9.17) is 9.47 Å². The monoisotopic (exact) mass is 437 g/mol.